The summed E-state index contributed by atoms with van der Waals surface area (Å²) in [7, 11) is 0. The number of benzene rings is 1. The van der Waals surface area contributed by atoms with Crippen LogP contribution in [0.25, 0.3) is 0 Å². The molecule has 4 atom stereocenters. The third-order valence-corrected chi connectivity index (χ3v) is 8.08. The average molecular weight is 591 g/mol. The smallest absolute Gasteiger partial charge is 0.270 e. The maximum absolute atomic E-state index is 13.4. The van der Waals surface area contributed by atoms with E-state index >= 15 is 0 Å². The first-order valence-electron chi connectivity index (χ1n) is 14.7. The third-order valence-electron chi connectivity index (χ3n) is 6.92. The molecule has 2 aromatic rings. The van der Waals surface area contributed by atoms with Crippen molar-refractivity contribution in [1.29, 1.82) is 0 Å². The van der Waals surface area contributed by atoms with E-state index < -0.39 is 0 Å². The first-order chi connectivity index (χ1) is 19.2. The SMILES string of the molecule is CCCNC(CC(OCCC)c1nc(C(=O)NC(Cc2ccc(C)cc2)C[C@H](C)C(=O)NCCS)cs1)C(C)C. The number of ether oxygens (including phenoxy) is 1. The molecule has 0 saturated carbocycles. The van der Waals surface area contributed by atoms with Crippen LogP contribution in [0.2, 0.25) is 0 Å². The Morgan fingerprint density at radius 3 is 2.40 bits per heavy atom. The van der Waals surface area contributed by atoms with E-state index in [0.29, 0.717) is 49.4 Å². The van der Waals surface area contributed by atoms with Crippen LogP contribution >= 0.6 is 24.0 Å². The van der Waals surface area contributed by atoms with E-state index in [-0.39, 0.29) is 29.9 Å². The second-order valence-electron chi connectivity index (χ2n) is 11.0. The molecule has 0 bridgehead atoms. The molecule has 0 radical (unpaired) electrons. The van der Waals surface area contributed by atoms with Crippen LogP contribution in [0.4, 0.5) is 0 Å². The number of thiazole rings is 1. The van der Waals surface area contributed by atoms with E-state index in [2.05, 4.69) is 87.5 Å². The van der Waals surface area contributed by atoms with Crippen LogP contribution in [-0.4, -0.2) is 54.3 Å². The Morgan fingerprint density at radius 2 is 1.77 bits per heavy atom. The van der Waals surface area contributed by atoms with Gasteiger partial charge in [-0.2, -0.15) is 12.6 Å². The number of aryl methyl sites for hydroxylation is 1. The third kappa shape index (κ3) is 11.9. The summed E-state index contributed by atoms with van der Waals surface area (Å²) in [5.41, 5.74) is 2.70. The molecule has 7 nitrogen and oxygen atoms in total. The molecule has 3 N–H and O–H groups in total. The Balaban J connectivity index is 2.18. The lowest BCUT2D eigenvalue weighted by Gasteiger charge is -2.26. The van der Waals surface area contributed by atoms with Gasteiger partial charge < -0.3 is 20.7 Å². The van der Waals surface area contributed by atoms with E-state index in [4.69, 9.17) is 9.72 Å². The van der Waals surface area contributed by atoms with Crippen LogP contribution < -0.4 is 16.0 Å². The van der Waals surface area contributed by atoms with Gasteiger partial charge in [0.2, 0.25) is 5.91 Å². The molecule has 0 fully saturated rings. The number of nitrogens with zero attached hydrogens (tertiary/aromatic N) is 1. The molecule has 1 aromatic heterocycles. The fourth-order valence-corrected chi connectivity index (χ4v) is 5.51. The van der Waals surface area contributed by atoms with Gasteiger partial charge in [0.05, 0.1) is 0 Å². The lowest BCUT2D eigenvalue weighted by molar-refractivity contribution is -0.124. The Kier molecular flexibility index (Phi) is 15.8. The molecule has 3 unspecified atom stereocenters. The van der Waals surface area contributed by atoms with Crippen molar-refractivity contribution in [3.05, 3.63) is 51.5 Å². The number of rotatable bonds is 19. The largest absolute Gasteiger partial charge is 0.371 e. The van der Waals surface area contributed by atoms with Gasteiger partial charge in [-0.1, -0.05) is 64.4 Å². The topological polar surface area (TPSA) is 92.3 Å². The molecule has 2 rings (SSSR count). The molecule has 224 valence electrons. The van der Waals surface area contributed by atoms with Crippen LogP contribution in [-0.2, 0) is 16.0 Å². The van der Waals surface area contributed by atoms with Gasteiger partial charge in [-0.15, -0.1) is 11.3 Å². The summed E-state index contributed by atoms with van der Waals surface area (Å²) in [6.45, 7) is 14.8. The number of carbonyl (C=O) groups excluding carboxylic acids is 2. The highest BCUT2D eigenvalue weighted by atomic mass is 32.1. The lowest BCUT2D eigenvalue weighted by atomic mass is 9.95. The second-order valence-corrected chi connectivity index (χ2v) is 12.3. The van der Waals surface area contributed by atoms with Crippen molar-refractivity contribution in [2.24, 2.45) is 11.8 Å². The molecule has 40 heavy (non-hydrogen) atoms. The van der Waals surface area contributed by atoms with Crippen LogP contribution in [0.5, 0.6) is 0 Å². The Morgan fingerprint density at radius 1 is 1.05 bits per heavy atom. The molecule has 0 aliphatic rings. The highest BCUT2D eigenvalue weighted by Gasteiger charge is 2.26. The van der Waals surface area contributed by atoms with E-state index in [1.54, 1.807) is 0 Å². The fourth-order valence-electron chi connectivity index (χ4n) is 4.54. The first kappa shape index (κ1) is 34.3. The van der Waals surface area contributed by atoms with Gasteiger partial charge in [-0.25, -0.2) is 4.98 Å². The average Bonchev–Trinajstić information content (AvgIpc) is 3.42. The monoisotopic (exact) mass is 590 g/mol. The van der Waals surface area contributed by atoms with Gasteiger partial charge in [0.25, 0.3) is 5.91 Å². The van der Waals surface area contributed by atoms with E-state index in [0.717, 1.165) is 36.4 Å². The minimum Gasteiger partial charge on any atom is -0.371 e. The number of thiol groups is 1. The second kappa shape index (κ2) is 18.5. The van der Waals surface area contributed by atoms with Crippen molar-refractivity contribution in [3.63, 3.8) is 0 Å². The summed E-state index contributed by atoms with van der Waals surface area (Å²) < 4.78 is 6.24. The molecule has 0 aliphatic heterocycles. The summed E-state index contributed by atoms with van der Waals surface area (Å²) in [4.78, 5) is 30.7. The Bertz CT molecular complexity index is 1010. The van der Waals surface area contributed by atoms with Crippen LogP contribution in [0.3, 0.4) is 0 Å². The number of carbonyl (C=O) groups is 2. The number of aromatic nitrogens is 1. The van der Waals surface area contributed by atoms with Gasteiger partial charge in [-0.3, -0.25) is 9.59 Å². The normalized spacial score (nSPS) is 14.5. The molecule has 0 saturated heterocycles. The highest BCUT2D eigenvalue weighted by Crippen LogP contribution is 2.28. The Hall–Kier alpha value is -1.94. The predicted octanol–water partition coefficient (Wildman–Crippen LogP) is 5.75. The molecule has 1 heterocycles. The van der Waals surface area contributed by atoms with Crippen molar-refractivity contribution in [1.82, 2.24) is 20.9 Å². The van der Waals surface area contributed by atoms with Gasteiger partial charge in [0, 0.05) is 42.3 Å². The molecule has 2 amide bonds. The summed E-state index contributed by atoms with van der Waals surface area (Å²) >= 11 is 5.66. The summed E-state index contributed by atoms with van der Waals surface area (Å²) in [5.74, 6) is 0.541. The molecule has 0 aliphatic carbocycles. The Labute approximate surface area is 251 Å². The molecule has 9 heteroatoms. The zero-order valence-corrected chi connectivity index (χ0v) is 26.9. The number of hydrogen-bond donors (Lipinski definition) is 4. The van der Waals surface area contributed by atoms with Gasteiger partial charge in [0.15, 0.2) is 0 Å². The molecule has 0 spiro atoms. The maximum Gasteiger partial charge on any atom is 0.270 e. The molecule has 1 aromatic carbocycles. The highest BCUT2D eigenvalue weighted by molar-refractivity contribution is 7.80. The van der Waals surface area contributed by atoms with Crippen LogP contribution in [0.15, 0.2) is 29.6 Å². The number of amides is 2. The van der Waals surface area contributed by atoms with Gasteiger partial charge in [0.1, 0.15) is 16.8 Å². The fraction of sp³-hybridized carbons (Fsp3) is 0.645. The van der Waals surface area contributed by atoms with Crippen molar-refractivity contribution in [3.8, 4) is 0 Å². The lowest BCUT2D eigenvalue weighted by Crippen LogP contribution is -2.41. The molecular formula is C31H50N4O3S2. The standard InChI is InChI=1S/C31H50N4O3S2/c1-7-13-32-26(21(3)4)19-28(38-15-8-2)31-35-27(20-40-31)30(37)34-25(17-23(6)29(36)33-14-16-39)18-24-11-9-22(5)10-12-24/h9-12,20-21,23,25-26,28,32,39H,7-8,13-19H2,1-6H3,(H,33,36)(H,34,37)/t23-,25?,26?,28?/m0/s1. The van der Waals surface area contributed by atoms with Gasteiger partial charge >= 0.3 is 0 Å². The van der Waals surface area contributed by atoms with Crippen molar-refractivity contribution in [2.45, 2.75) is 91.8 Å². The van der Waals surface area contributed by atoms with Crippen LogP contribution in [0, 0.1) is 18.8 Å². The predicted molar refractivity (Wildman–Crippen MR) is 169 cm³/mol. The summed E-state index contributed by atoms with van der Waals surface area (Å²) in [5, 5.41) is 12.4. The first-order valence-corrected chi connectivity index (χ1v) is 16.2. The van der Waals surface area contributed by atoms with E-state index in [1.807, 2.05) is 12.3 Å². The van der Waals surface area contributed by atoms with E-state index in [9.17, 15) is 9.59 Å². The van der Waals surface area contributed by atoms with Crippen LogP contribution in [0.1, 0.15) is 93.0 Å². The number of hydrogen-bond acceptors (Lipinski definition) is 7. The quantitative estimate of drug-likeness (QED) is 0.157. The minimum atomic E-state index is -0.253. The maximum atomic E-state index is 13.4. The molecular weight excluding hydrogens is 541 g/mol. The van der Waals surface area contributed by atoms with Crippen molar-refractivity contribution < 1.29 is 14.3 Å². The number of nitrogens with one attached hydrogen (secondary N) is 3. The minimum absolute atomic E-state index is 0.0274. The zero-order valence-electron chi connectivity index (χ0n) is 25.2. The van der Waals surface area contributed by atoms with Gasteiger partial charge in [-0.05, 0) is 57.1 Å². The van der Waals surface area contributed by atoms with Crippen molar-refractivity contribution in [2.75, 3.05) is 25.4 Å². The summed E-state index contributed by atoms with van der Waals surface area (Å²) in [6.07, 6.45) is 3.79. The zero-order chi connectivity index (χ0) is 29.5. The van der Waals surface area contributed by atoms with Crippen molar-refractivity contribution >= 4 is 35.8 Å². The summed E-state index contributed by atoms with van der Waals surface area (Å²) in [6, 6.07) is 8.38. The van der Waals surface area contributed by atoms with E-state index in [1.165, 1.54) is 16.9 Å².